The second-order valence-electron chi connectivity index (χ2n) is 8.98. The first-order valence-electron chi connectivity index (χ1n) is 11.7. The van der Waals surface area contributed by atoms with Gasteiger partial charge in [-0.05, 0) is 62.5 Å². The Bertz CT molecular complexity index is 1200. The van der Waals surface area contributed by atoms with Crippen molar-refractivity contribution in [3.05, 3.63) is 69.6 Å². The van der Waals surface area contributed by atoms with Gasteiger partial charge in [0.15, 0.2) is 0 Å². The number of hydrogen-bond donors (Lipinski definition) is 2. The molecular weight excluding hydrogens is 424 g/mol. The van der Waals surface area contributed by atoms with Crippen LogP contribution in [0.15, 0.2) is 41.2 Å². The average Bonchev–Trinajstić information content (AvgIpc) is 2.82. The van der Waals surface area contributed by atoms with Crippen LogP contribution in [0.3, 0.4) is 0 Å². The van der Waals surface area contributed by atoms with Gasteiger partial charge < -0.3 is 20.1 Å². The van der Waals surface area contributed by atoms with E-state index in [0.717, 1.165) is 69.4 Å². The number of likely N-dealkylation sites (tertiary alicyclic amines) is 1. The Balaban J connectivity index is 1.14. The molecule has 2 aliphatic heterocycles. The van der Waals surface area contributed by atoms with Gasteiger partial charge in [-0.2, -0.15) is 0 Å². The number of halogens is 2. The van der Waals surface area contributed by atoms with E-state index >= 15 is 0 Å². The first kappa shape index (κ1) is 22.0. The summed E-state index contributed by atoms with van der Waals surface area (Å²) in [5.41, 5.74) is 2.43. The van der Waals surface area contributed by atoms with Crippen LogP contribution in [0.25, 0.3) is 10.9 Å². The van der Waals surface area contributed by atoms with Crippen molar-refractivity contribution in [1.82, 2.24) is 19.8 Å². The van der Waals surface area contributed by atoms with Crippen molar-refractivity contribution in [1.29, 1.82) is 0 Å². The number of piperidine rings is 1. The lowest BCUT2D eigenvalue weighted by Crippen LogP contribution is -2.43. The molecule has 1 aromatic carbocycles. The summed E-state index contributed by atoms with van der Waals surface area (Å²) in [6.07, 6.45) is 4.28. The van der Waals surface area contributed by atoms with Gasteiger partial charge in [-0.15, -0.1) is 0 Å². The minimum Gasteiger partial charge on any atom is -0.370 e. The lowest BCUT2D eigenvalue weighted by Gasteiger charge is -2.32. The van der Waals surface area contributed by atoms with Crippen LogP contribution < -0.4 is 16.2 Å². The summed E-state index contributed by atoms with van der Waals surface area (Å²) >= 11 is 0. The summed E-state index contributed by atoms with van der Waals surface area (Å²) < 4.78 is 29.3. The molecule has 0 atom stereocenters. The van der Waals surface area contributed by atoms with E-state index in [1.54, 1.807) is 0 Å². The van der Waals surface area contributed by atoms with E-state index in [4.69, 9.17) is 4.98 Å². The van der Waals surface area contributed by atoms with Crippen molar-refractivity contribution in [2.45, 2.75) is 44.8 Å². The second-order valence-corrected chi connectivity index (χ2v) is 8.98. The maximum atomic E-state index is 14.1. The number of nitrogens with one attached hydrogen (secondary N) is 2. The fourth-order valence-corrected chi connectivity index (χ4v) is 4.87. The maximum Gasteiger partial charge on any atom is 0.251 e. The quantitative estimate of drug-likeness (QED) is 0.600. The Kier molecular flexibility index (Phi) is 6.37. The predicted molar refractivity (Wildman–Crippen MR) is 125 cm³/mol. The molecular formula is C25H29F2N5O. The zero-order chi connectivity index (χ0) is 22.8. The summed E-state index contributed by atoms with van der Waals surface area (Å²) in [5.74, 6) is -0.288. The molecule has 0 amide bonds. The highest BCUT2D eigenvalue weighted by molar-refractivity contribution is 5.79. The molecule has 33 heavy (non-hydrogen) atoms. The monoisotopic (exact) mass is 453 g/mol. The smallest absolute Gasteiger partial charge is 0.251 e. The largest absolute Gasteiger partial charge is 0.370 e. The van der Waals surface area contributed by atoms with Crippen LogP contribution in [-0.2, 0) is 19.5 Å². The van der Waals surface area contributed by atoms with Gasteiger partial charge in [0.1, 0.15) is 17.5 Å². The van der Waals surface area contributed by atoms with Crippen LogP contribution >= 0.6 is 0 Å². The molecule has 8 heteroatoms. The Labute approximate surface area is 191 Å². The molecule has 2 aromatic heterocycles. The summed E-state index contributed by atoms with van der Waals surface area (Å²) in [7, 11) is 0. The van der Waals surface area contributed by atoms with Gasteiger partial charge in [0.05, 0.1) is 11.2 Å². The van der Waals surface area contributed by atoms with Crippen molar-refractivity contribution in [2.24, 2.45) is 0 Å². The Morgan fingerprint density at radius 2 is 1.94 bits per heavy atom. The fraction of sp³-hybridized carbons (Fsp3) is 0.440. The minimum atomic E-state index is -0.671. The summed E-state index contributed by atoms with van der Waals surface area (Å²) in [5, 5.41) is 7.28. The first-order valence-corrected chi connectivity index (χ1v) is 11.7. The normalized spacial score (nSPS) is 17.2. The molecule has 0 aliphatic carbocycles. The molecule has 6 nitrogen and oxygen atoms in total. The Morgan fingerprint density at radius 3 is 2.79 bits per heavy atom. The van der Waals surface area contributed by atoms with Crippen molar-refractivity contribution >= 4 is 16.7 Å². The Hall–Kier alpha value is -2.84. The van der Waals surface area contributed by atoms with Gasteiger partial charge in [0.25, 0.3) is 5.56 Å². The van der Waals surface area contributed by atoms with Crippen LogP contribution in [-0.4, -0.2) is 46.7 Å². The molecule has 1 saturated heterocycles. The van der Waals surface area contributed by atoms with Crippen LogP contribution in [0.1, 0.15) is 30.5 Å². The summed E-state index contributed by atoms with van der Waals surface area (Å²) in [6, 6.07) is 9.58. The number of hydrogen-bond acceptors (Lipinski definition) is 5. The van der Waals surface area contributed by atoms with Crippen LogP contribution in [0.2, 0.25) is 0 Å². The van der Waals surface area contributed by atoms with Gasteiger partial charge in [-0.1, -0.05) is 6.07 Å². The molecule has 5 rings (SSSR count). The molecule has 174 valence electrons. The van der Waals surface area contributed by atoms with Crippen LogP contribution in [0.5, 0.6) is 0 Å². The minimum absolute atomic E-state index is 0.240. The molecule has 1 fully saturated rings. The van der Waals surface area contributed by atoms with E-state index in [9.17, 15) is 13.6 Å². The number of fused-ring (bicyclic) bond motifs is 2. The second kappa shape index (κ2) is 9.57. The van der Waals surface area contributed by atoms with Crippen LogP contribution in [0, 0.1) is 11.6 Å². The number of pyridine rings is 2. The molecule has 4 heterocycles. The third-order valence-corrected chi connectivity index (χ3v) is 6.77. The van der Waals surface area contributed by atoms with E-state index in [1.807, 2.05) is 0 Å². The van der Waals surface area contributed by atoms with Gasteiger partial charge in [0, 0.05) is 49.7 Å². The summed E-state index contributed by atoms with van der Waals surface area (Å²) in [4.78, 5) is 19.4. The molecule has 2 aliphatic rings. The van der Waals surface area contributed by atoms with E-state index in [1.165, 1.54) is 28.3 Å². The number of aryl methyl sites for hydroxylation is 1. The molecule has 0 spiro atoms. The van der Waals surface area contributed by atoms with E-state index in [2.05, 4.69) is 27.7 Å². The zero-order valence-corrected chi connectivity index (χ0v) is 18.6. The molecule has 0 saturated carbocycles. The highest BCUT2D eigenvalue weighted by atomic mass is 19.1. The molecule has 2 N–H and O–H groups in total. The number of nitrogens with zero attached hydrogens (tertiary/aromatic N) is 3. The number of aromatic nitrogens is 2. The van der Waals surface area contributed by atoms with Gasteiger partial charge in [-0.3, -0.25) is 4.79 Å². The average molecular weight is 454 g/mol. The fourth-order valence-electron chi connectivity index (χ4n) is 4.87. The standard InChI is InChI=1S/C25H29F2N5O/c26-18-14-22(27)21-5-6-24(33)32(23(21)15-18)13-12-31-10-7-19(8-11-31)29-16-20-4-3-17-2-1-9-28-25(17)30-20/h3-6,14-15,19,29H,1-2,7-13,16H2,(H,28,30). The van der Waals surface area contributed by atoms with Gasteiger partial charge in [-0.25, -0.2) is 13.8 Å². The maximum absolute atomic E-state index is 14.1. The SMILES string of the molecule is O=c1ccc2c(F)cc(F)cc2n1CCN1CCC(NCc2ccc3c(n2)NCCC3)CC1. The highest BCUT2D eigenvalue weighted by Gasteiger charge is 2.20. The van der Waals surface area contributed by atoms with E-state index in [0.29, 0.717) is 24.6 Å². The van der Waals surface area contributed by atoms with Crippen molar-refractivity contribution < 1.29 is 8.78 Å². The molecule has 0 bridgehead atoms. The summed E-state index contributed by atoms with van der Waals surface area (Å²) in [6.45, 7) is 4.65. The number of benzene rings is 1. The van der Waals surface area contributed by atoms with Crippen molar-refractivity contribution in [3.8, 4) is 0 Å². The molecule has 3 aromatic rings. The topological polar surface area (TPSA) is 62.2 Å². The van der Waals surface area contributed by atoms with Crippen molar-refractivity contribution in [3.63, 3.8) is 0 Å². The first-order chi connectivity index (χ1) is 16.1. The third kappa shape index (κ3) is 4.91. The van der Waals surface area contributed by atoms with Gasteiger partial charge in [0.2, 0.25) is 0 Å². The lowest BCUT2D eigenvalue weighted by molar-refractivity contribution is 0.191. The van der Waals surface area contributed by atoms with Gasteiger partial charge >= 0.3 is 0 Å². The molecule has 0 unspecified atom stereocenters. The zero-order valence-electron chi connectivity index (χ0n) is 18.6. The van der Waals surface area contributed by atoms with Crippen molar-refractivity contribution in [2.75, 3.05) is 31.5 Å². The Morgan fingerprint density at radius 1 is 1.09 bits per heavy atom. The highest BCUT2D eigenvalue weighted by Crippen LogP contribution is 2.21. The predicted octanol–water partition coefficient (Wildman–Crippen LogP) is 3.29. The molecule has 0 radical (unpaired) electrons. The van der Waals surface area contributed by atoms with E-state index < -0.39 is 11.6 Å². The van der Waals surface area contributed by atoms with Crippen LogP contribution in [0.4, 0.5) is 14.6 Å². The van der Waals surface area contributed by atoms with E-state index in [-0.39, 0.29) is 10.9 Å². The number of rotatable bonds is 6. The third-order valence-electron chi connectivity index (χ3n) is 6.77. The lowest BCUT2D eigenvalue weighted by atomic mass is 10.0. The number of anilines is 1.